The first-order valence-electron chi connectivity index (χ1n) is 7.43. The molecule has 25 heavy (non-hydrogen) atoms. The maximum atomic E-state index is 12.9. The number of hydrogen-bond acceptors (Lipinski definition) is 7. The summed E-state index contributed by atoms with van der Waals surface area (Å²) in [5.41, 5.74) is 0.606. The highest BCUT2D eigenvalue weighted by Gasteiger charge is 2.21. The second-order valence-electron chi connectivity index (χ2n) is 5.38. The molecule has 2 aromatic carbocycles. The molecule has 0 saturated heterocycles. The van der Waals surface area contributed by atoms with E-state index < -0.39 is 5.43 Å². The predicted molar refractivity (Wildman–Crippen MR) is 88.8 cm³/mol. The zero-order chi connectivity index (χ0) is 17.6. The molecule has 0 amide bonds. The summed E-state index contributed by atoms with van der Waals surface area (Å²) in [7, 11) is 2.86. The first-order chi connectivity index (χ1) is 12.1. The number of benzene rings is 2. The smallest absolute Gasteiger partial charge is 0.231 e. The molecule has 1 N–H and O–H groups in total. The third kappa shape index (κ3) is 2.24. The van der Waals surface area contributed by atoms with Crippen molar-refractivity contribution >= 4 is 11.0 Å². The summed E-state index contributed by atoms with van der Waals surface area (Å²) < 4.78 is 26.6. The molecule has 1 aliphatic heterocycles. The number of phenolic OH excluding ortho intramolecular Hbond substituents is 1. The number of methoxy groups -OCH3 is 2. The summed E-state index contributed by atoms with van der Waals surface area (Å²) in [6.45, 7) is 0.142. The molecule has 1 aliphatic rings. The van der Waals surface area contributed by atoms with Crippen LogP contribution in [0.4, 0.5) is 0 Å². The Kier molecular flexibility index (Phi) is 3.42. The van der Waals surface area contributed by atoms with Crippen molar-refractivity contribution in [3.8, 4) is 39.9 Å². The van der Waals surface area contributed by atoms with Gasteiger partial charge in [0.25, 0.3) is 0 Å². The van der Waals surface area contributed by atoms with E-state index in [1.54, 1.807) is 18.2 Å². The molecule has 0 fully saturated rings. The van der Waals surface area contributed by atoms with Crippen LogP contribution >= 0.6 is 0 Å². The van der Waals surface area contributed by atoms with Crippen LogP contribution in [0.25, 0.3) is 22.1 Å². The quantitative estimate of drug-likeness (QED) is 0.783. The first-order valence-corrected chi connectivity index (χ1v) is 7.43. The van der Waals surface area contributed by atoms with E-state index in [-0.39, 0.29) is 40.6 Å². The highest BCUT2D eigenvalue weighted by molar-refractivity contribution is 5.93. The topological polar surface area (TPSA) is 87.4 Å². The molecule has 0 atom stereocenters. The zero-order valence-corrected chi connectivity index (χ0v) is 13.5. The van der Waals surface area contributed by atoms with Gasteiger partial charge in [-0.2, -0.15) is 0 Å². The van der Waals surface area contributed by atoms with Crippen molar-refractivity contribution in [1.29, 1.82) is 0 Å². The zero-order valence-electron chi connectivity index (χ0n) is 13.5. The van der Waals surface area contributed by atoms with E-state index in [4.69, 9.17) is 23.4 Å². The Balaban J connectivity index is 1.97. The maximum Gasteiger partial charge on any atom is 0.231 e. The van der Waals surface area contributed by atoms with Gasteiger partial charge in [-0.3, -0.25) is 4.79 Å². The summed E-state index contributed by atoms with van der Waals surface area (Å²) in [6.07, 6.45) is 1.32. The molecule has 1 aromatic heterocycles. The maximum absolute atomic E-state index is 12.9. The van der Waals surface area contributed by atoms with E-state index in [1.165, 1.54) is 26.5 Å². The van der Waals surface area contributed by atoms with Crippen LogP contribution in [-0.2, 0) is 0 Å². The molecular formula is C18H14O7. The molecule has 7 nitrogen and oxygen atoms in total. The van der Waals surface area contributed by atoms with Crippen molar-refractivity contribution in [3.63, 3.8) is 0 Å². The van der Waals surface area contributed by atoms with Crippen molar-refractivity contribution in [1.82, 2.24) is 0 Å². The van der Waals surface area contributed by atoms with Gasteiger partial charge >= 0.3 is 0 Å². The van der Waals surface area contributed by atoms with Gasteiger partial charge in [0.1, 0.15) is 17.4 Å². The lowest BCUT2D eigenvalue weighted by molar-refractivity contribution is 0.174. The number of fused-ring (bicyclic) bond motifs is 2. The summed E-state index contributed by atoms with van der Waals surface area (Å²) in [5.74, 6) is 1.43. The Bertz CT molecular complexity index is 1040. The normalized spacial score (nSPS) is 12.4. The molecule has 0 unspecified atom stereocenters. The summed E-state index contributed by atoms with van der Waals surface area (Å²) in [4.78, 5) is 12.9. The van der Waals surface area contributed by atoms with E-state index in [9.17, 15) is 9.90 Å². The summed E-state index contributed by atoms with van der Waals surface area (Å²) >= 11 is 0. The summed E-state index contributed by atoms with van der Waals surface area (Å²) in [6, 6.07) is 6.46. The average molecular weight is 342 g/mol. The Morgan fingerprint density at radius 2 is 1.88 bits per heavy atom. The van der Waals surface area contributed by atoms with Gasteiger partial charge in [-0.15, -0.1) is 0 Å². The van der Waals surface area contributed by atoms with Crippen molar-refractivity contribution in [2.75, 3.05) is 21.0 Å². The van der Waals surface area contributed by atoms with Gasteiger partial charge in [0, 0.05) is 6.07 Å². The molecule has 7 heteroatoms. The van der Waals surface area contributed by atoms with Gasteiger partial charge in [-0.05, 0) is 17.7 Å². The third-order valence-electron chi connectivity index (χ3n) is 4.05. The van der Waals surface area contributed by atoms with E-state index in [0.717, 1.165) is 0 Å². The largest absolute Gasteiger partial charge is 0.507 e. The fourth-order valence-corrected chi connectivity index (χ4v) is 2.85. The Morgan fingerprint density at radius 3 is 2.64 bits per heavy atom. The molecule has 128 valence electrons. The number of ether oxygens (including phenoxy) is 4. The average Bonchev–Trinajstić information content (AvgIpc) is 3.09. The minimum atomic E-state index is -0.390. The standard InChI is InChI=1S/C18H14O7/c1-21-14-6-11(19)15-16(20)10(7-23-18(15)17(14)22-2)9-3-4-12-13(5-9)25-8-24-12/h3-7,19H,8H2,1-2H3. The highest BCUT2D eigenvalue weighted by atomic mass is 16.7. The third-order valence-corrected chi connectivity index (χ3v) is 4.05. The lowest BCUT2D eigenvalue weighted by Gasteiger charge is -2.11. The Labute approximate surface area is 141 Å². The van der Waals surface area contributed by atoms with Crippen LogP contribution < -0.4 is 24.4 Å². The second-order valence-corrected chi connectivity index (χ2v) is 5.38. The van der Waals surface area contributed by atoms with Crippen molar-refractivity contribution < 1.29 is 28.5 Å². The van der Waals surface area contributed by atoms with Crippen LogP contribution in [0.3, 0.4) is 0 Å². The highest BCUT2D eigenvalue weighted by Crippen LogP contribution is 2.41. The molecule has 0 aliphatic carbocycles. The van der Waals surface area contributed by atoms with Crippen molar-refractivity contribution in [2.45, 2.75) is 0 Å². The van der Waals surface area contributed by atoms with Gasteiger partial charge in [-0.25, -0.2) is 0 Å². The van der Waals surface area contributed by atoms with Crippen LogP contribution in [0, 0.1) is 0 Å². The van der Waals surface area contributed by atoms with E-state index in [2.05, 4.69) is 0 Å². The number of rotatable bonds is 3. The van der Waals surface area contributed by atoms with Crippen LogP contribution in [0.1, 0.15) is 0 Å². The first kappa shape index (κ1) is 15.2. The van der Waals surface area contributed by atoms with Gasteiger partial charge in [0.05, 0.1) is 19.8 Å². The number of hydrogen-bond donors (Lipinski definition) is 1. The lowest BCUT2D eigenvalue weighted by atomic mass is 10.0. The van der Waals surface area contributed by atoms with Crippen molar-refractivity contribution in [2.24, 2.45) is 0 Å². The molecule has 0 saturated carbocycles. The fraction of sp³-hybridized carbons (Fsp3) is 0.167. The van der Waals surface area contributed by atoms with E-state index in [0.29, 0.717) is 17.1 Å². The van der Waals surface area contributed by atoms with Crippen LogP contribution in [-0.4, -0.2) is 26.1 Å². The molecule has 0 spiro atoms. The van der Waals surface area contributed by atoms with E-state index >= 15 is 0 Å². The molecule has 2 heterocycles. The molecular weight excluding hydrogens is 328 g/mol. The molecule has 0 radical (unpaired) electrons. The fourth-order valence-electron chi connectivity index (χ4n) is 2.85. The minimum Gasteiger partial charge on any atom is -0.507 e. The summed E-state index contributed by atoms with van der Waals surface area (Å²) in [5, 5.41) is 10.3. The predicted octanol–water partition coefficient (Wildman–Crippen LogP) is 2.91. The van der Waals surface area contributed by atoms with Crippen molar-refractivity contribution in [3.05, 3.63) is 40.8 Å². The molecule has 3 aromatic rings. The Morgan fingerprint density at radius 1 is 1.08 bits per heavy atom. The van der Waals surface area contributed by atoms with Crippen LogP contribution in [0.5, 0.6) is 28.7 Å². The molecule has 0 bridgehead atoms. The monoisotopic (exact) mass is 342 g/mol. The van der Waals surface area contributed by atoms with Crippen LogP contribution in [0.2, 0.25) is 0 Å². The second kappa shape index (κ2) is 5.62. The van der Waals surface area contributed by atoms with Gasteiger partial charge in [0.2, 0.25) is 18.0 Å². The van der Waals surface area contributed by atoms with Gasteiger partial charge < -0.3 is 28.5 Å². The minimum absolute atomic E-state index is 0.0211. The number of phenols is 1. The molecule has 4 rings (SSSR count). The van der Waals surface area contributed by atoms with Gasteiger partial charge in [-0.1, -0.05) is 6.07 Å². The van der Waals surface area contributed by atoms with E-state index in [1.807, 2.05) is 0 Å². The van der Waals surface area contributed by atoms with Gasteiger partial charge in [0.15, 0.2) is 22.8 Å². The Hall–Kier alpha value is -3.35. The lowest BCUT2D eigenvalue weighted by Crippen LogP contribution is -2.06. The van der Waals surface area contributed by atoms with Crippen LogP contribution in [0.15, 0.2) is 39.7 Å². The SMILES string of the molecule is COc1cc(O)c2c(=O)c(-c3ccc4c(c3)OCO4)coc2c1OC. The number of aromatic hydroxyl groups is 1.